The number of aliphatic hydroxyl groups is 1. The molecule has 1 heterocycles. The lowest BCUT2D eigenvalue weighted by atomic mass is 10.1. The predicted octanol–water partition coefficient (Wildman–Crippen LogP) is 2.90. The molecule has 1 aromatic carbocycles. The maximum absolute atomic E-state index is 10.4. The molecule has 0 bridgehead atoms. The number of anilines is 1. The van der Waals surface area contributed by atoms with Gasteiger partial charge in [0.05, 0.1) is 20.3 Å². The first kappa shape index (κ1) is 17.5. The lowest BCUT2D eigenvalue weighted by Gasteiger charge is -2.14. The smallest absolute Gasteiger partial charge is 0.202 e. The summed E-state index contributed by atoms with van der Waals surface area (Å²) in [7, 11) is 3.17. The van der Waals surface area contributed by atoms with Crippen LogP contribution in [0.15, 0.2) is 18.2 Å². The fraction of sp³-hybridized carbons (Fsp3) is 0.500. The minimum Gasteiger partial charge on any atom is -0.497 e. The molecule has 2 N–H and O–H groups in total. The van der Waals surface area contributed by atoms with Crippen LogP contribution >= 0.6 is 11.5 Å². The molecule has 0 aliphatic rings. The van der Waals surface area contributed by atoms with Crippen LogP contribution in [0.25, 0.3) is 0 Å². The molecule has 0 aliphatic heterocycles. The lowest BCUT2D eigenvalue weighted by Crippen LogP contribution is -2.12. The van der Waals surface area contributed by atoms with Crippen molar-refractivity contribution in [2.75, 3.05) is 26.1 Å². The summed E-state index contributed by atoms with van der Waals surface area (Å²) >= 11 is 1.31. The molecule has 7 heteroatoms. The van der Waals surface area contributed by atoms with Crippen LogP contribution in [0, 0.1) is 5.92 Å². The fourth-order valence-electron chi connectivity index (χ4n) is 2.10. The van der Waals surface area contributed by atoms with Gasteiger partial charge >= 0.3 is 0 Å². The van der Waals surface area contributed by atoms with Crippen LogP contribution in [0.4, 0.5) is 5.13 Å². The Kier molecular flexibility index (Phi) is 6.18. The van der Waals surface area contributed by atoms with Crippen LogP contribution in [0.5, 0.6) is 11.5 Å². The van der Waals surface area contributed by atoms with Gasteiger partial charge in [0.1, 0.15) is 17.3 Å². The molecule has 0 saturated carbocycles. The maximum Gasteiger partial charge on any atom is 0.202 e. The molecule has 1 aromatic heterocycles. The van der Waals surface area contributed by atoms with Crippen molar-refractivity contribution in [3.8, 4) is 11.5 Å². The molecule has 2 aromatic rings. The van der Waals surface area contributed by atoms with Crippen molar-refractivity contribution in [1.82, 2.24) is 9.36 Å². The third-order valence-corrected chi connectivity index (χ3v) is 3.97. The highest BCUT2D eigenvalue weighted by atomic mass is 32.1. The van der Waals surface area contributed by atoms with E-state index in [0.29, 0.717) is 24.0 Å². The number of nitrogens with one attached hydrogen (secondary N) is 1. The van der Waals surface area contributed by atoms with Gasteiger partial charge in [-0.3, -0.25) is 0 Å². The molecule has 0 spiro atoms. The van der Waals surface area contributed by atoms with Crippen molar-refractivity contribution in [3.05, 3.63) is 29.6 Å². The highest BCUT2D eigenvalue weighted by molar-refractivity contribution is 7.09. The number of ether oxygens (including phenoxy) is 2. The minimum absolute atomic E-state index is 0.340. The van der Waals surface area contributed by atoms with Crippen molar-refractivity contribution < 1.29 is 14.6 Å². The Bertz CT molecular complexity index is 609. The second-order valence-electron chi connectivity index (χ2n) is 5.66. The highest BCUT2D eigenvalue weighted by Crippen LogP contribution is 2.26. The number of hydrogen-bond acceptors (Lipinski definition) is 7. The SMILES string of the molecule is COc1cc(OC)cc([C@H](O)CNc2nc(CC(C)C)ns2)c1. The van der Waals surface area contributed by atoms with Crippen molar-refractivity contribution in [2.45, 2.75) is 26.4 Å². The van der Waals surface area contributed by atoms with Gasteiger partial charge in [-0.05, 0) is 23.6 Å². The van der Waals surface area contributed by atoms with E-state index >= 15 is 0 Å². The van der Waals surface area contributed by atoms with Crippen molar-refractivity contribution in [2.24, 2.45) is 5.92 Å². The molecule has 0 unspecified atom stereocenters. The maximum atomic E-state index is 10.4. The van der Waals surface area contributed by atoms with E-state index in [1.165, 1.54) is 11.5 Å². The molecule has 1 atom stereocenters. The van der Waals surface area contributed by atoms with Crippen molar-refractivity contribution in [3.63, 3.8) is 0 Å². The normalized spacial score (nSPS) is 12.3. The van der Waals surface area contributed by atoms with E-state index in [1.54, 1.807) is 32.4 Å². The minimum atomic E-state index is -0.698. The molecular weight excluding hydrogens is 314 g/mol. The van der Waals surface area contributed by atoms with Gasteiger partial charge in [-0.15, -0.1) is 0 Å². The van der Waals surface area contributed by atoms with Crippen molar-refractivity contribution in [1.29, 1.82) is 0 Å². The second-order valence-corrected chi connectivity index (χ2v) is 6.41. The third-order valence-electron chi connectivity index (χ3n) is 3.26. The number of hydrogen-bond donors (Lipinski definition) is 2. The van der Waals surface area contributed by atoms with Crippen LogP contribution in [-0.2, 0) is 6.42 Å². The van der Waals surface area contributed by atoms with Crippen LogP contribution < -0.4 is 14.8 Å². The van der Waals surface area contributed by atoms with Crippen LogP contribution in [0.1, 0.15) is 31.3 Å². The monoisotopic (exact) mass is 337 g/mol. The molecule has 0 aliphatic carbocycles. The van der Waals surface area contributed by atoms with Gasteiger partial charge in [0, 0.05) is 30.6 Å². The number of rotatable bonds is 8. The zero-order valence-corrected chi connectivity index (χ0v) is 14.7. The first-order valence-corrected chi connectivity index (χ1v) is 8.26. The zero-order chi connectivity index (χ0) is 16.8. The summed E-state index contributed by atoms with van der Waals surface area (Å²) in [5.41, 5.74) is 0.723. The second kappa shape index (κ2) is 8.12. The Morgan fingerprint density at radius 2 is 1.83 bits per heavy atom. The summed E-state index contributed by atoms with van der Waals surface area (Å²) in [6.07, 6.45) is 0.157. The van der Waals surface area contributed by atoms with Crippen molar-refractivity contribution >= 4 is 16.7 Å². The number of methoxy groups -OCH3 is 2. The summed E-state index contributed by atoms with van der Waals surface area (Å²) in [5.74, 6) is 2.65. The van der Waals surface area contributed by atoms with E-state index in [1.807, 2.05) is 0 Å². The number of nitrogens with zero attached hydrogens (tertiary/aromatic N) is 2. The Morgan fingerprint density at radius 1 is 1.17 bits per heavy atom. The fourth-order valence-corrected chi connectivity index (χ4v) is 2.70. The average molecular weight is 337 g/mol. The molecule has 0 amide bonds. The zero-order valence-electron chi connectivity index (χ0n) is 13.9. The molecule has 23 heavy (non-hydrogen) atoms. The van der Waals surface area contributed by atoms with E-state index in [4.69, 9.17) is 9.47 Å². The summed E-state index contributed by atoms with van der Waals surface area (Å²) < 4.78 is 14.7. The number of aromatic nitrogens is 2. The van der Waals surface area contributed by atoms with Gasteiger partial charge in [0.25, 0.3) is 0 Å². The number of aliphatic hydroxyl groups excluding tert-OH is 1. The standard InChI is InChI=1S/C16H23N3O3S/c1-10(2)5-15-18-16(23-19-15)17-9-14(20)11-6-12(21-3)8-13(7-11)22-4/h6-8,10,14,20H,5,9H2,1-4H3,(H,17,18,19)/t14-/m1/s1. The lowest BCUT2D eigenvalue weighted by molar-refractivity contribution is 0.190. The summed E-state index contributed by atoms with van der Waals surface area (Å²) in [6.45, 7) is 4.61. The Labute approximate surface area is 140 Å². The Balaban J connectivity index is 1.99. The molecule has 6 nitrogen and oxygen atoms in total. The van der Waals surface area contributed by atoms with Gasteiger partial charge in [-0.2, -0.15) is 4.37 Å². The van der Waals surface area contributed by atoms with Gasteiger partial charge in [0.15, 0.2) is 0 Å². The quantitative estimate of drug-likeness (QED) is 0.771. The first-order chi connectivity index (χ1) is 11.0. The number of benzene rings is 1. The topological polar surface area (TPSA) is 76.5 Å². The Morgan fingerprint density at radius 3 is 2.39 bits per heavy atom. The van der Waals surface area contributed by atoms with E-state index in [0.717, 1.165) is 22.9 Å². The summed E-state index contributed by atoms with van der Waals surface area (Å²) in [5, 5.41) is 14.2. The van der Waals surface area contributed by atoms with E-state index < -0.39 is 6.10 Å². The third kappa shape index (κ3) is 5.07. The largest absolute Gasteiger partial charge is 0.497 e. The van der Waals surface area contributed by atoms with E-state index in [-0.39, 0.29) is 0 Å². The van der Waals surface area contributed by atoms with Crippen LogP contribution in [0.2, 0.25) is 0 Å². The molecule has 0 saturated heterocycles. The van der Waals surface area contributed by atoms with Gasteiger partial charge in [-0.1, -0.05) is 13.8 Å². The van der Waals surface area contributed by atoms with E-state index in [2.05, 4.69) is 28.5 Å². The van der Waals surface area contributed by atoms with Crippen LogP contribution in [-0.4, -0.2) is 35.2 Å². The molecular formula is C16H23N3O3S. The summed E-state index contributed by atoms with van der Waals surface area (Å²) in [6, 6.07) is 5.35. The highest BCUT2D eigenvalue weighted by Gasteiger charge is 2.13. The van der Waals surface area contributed by atoms with Gasteiger partial charge < -0.3 is 19.9 Å². The molecule has 2 rings (SSSR count). The summed E-state index contributed by atoms with van der Waals surface area (Å²) in [4.78, 5) is 4.42. The molecule has 0 fully saturated rings. The average Bonchev–Trinajstić information content (AvgIpc) is 2.98. The van der Waals surface area contributed by atoms with Gasteiger partial charge in [0.2, 0.25) is 5.13 Å². The first-order valence-electron chi connectivity index (χ1n) is 7.49. The van der Waals surface area contributed by atoms with Gasteiger partial charge in [-0.25, -0.2) is 4.98 Å². The molecule has 126 valence electrons. The van der Waals surface area contributed by atoms with Crippen LogP contribution in [0.3, 0.4) is 0 Å². The predicted molar refractivity (Wildman–Crippen MR) is 91.4 cm³/mol. The molecule has 0 radical (unpaired) electrons. The van der Waals surface area contributed by atoms with E-state index in [9.17, 15) is 5.11 Å². The Hall–Kier alpha value is -1.86.